The molecule has 58 valence electrons. The van der Waals surface area contributed by atoms with Crippen LogP contribution in [0.5, 0.6) is 0 Å². The summed E-state index contributed by atoms with van der Waals surface area (Å²) in [5.74, 6) is 0. The molecule has 2 nitrogen and oxygen atoms in total. The first-order valence-corrected chi connectivity index (χ1v) is 4.30. The van der Waals surface area contributed by atoms with Crippen LogP contribution in [0.2, 0.25) is 0 Å². The molecule has 0 amide bonds. The highest BCUT2D eigenvalue weighted by atomic mass is 15.2. The molecule has 0 aromatic heterocycles. The van der Waals surface area contributed by atoms with Gasteiger partial charge < -0.3 is 5.73 Å². The number of nitrogens with zero attached hydrogens (tertiary/aromatic N) is 1. The summed E-state index contributed by atoms with van der Waals surface area (Å²) >= 11 is 0. The molecule has 10 heavy (non-hydrogen) atoms. The van der Waals surface area contributed by atoms with E-state index in [0.717, 1.165) is 12.1 Å². The maximum atomic E-state index is 5.77. The van der Waals surface area contributed by atoms with Crippen LogP contribution >= 0.6 is 0 Å². The van der Waals surface area contributed by atoms with Crippen molar-refractivity contribution in [3.05, 3.63) is 0 Å². The van der Waals surface area contributed by atoms with Gasteiger partial charge in [-0.05, 0) is 32.7 Å². The van der Waals surface area contributed by atoms with Crippen molar-refractivity contribution in [1.82, 2.24) is 4.90 Å². The molecule has 2 aliphatic rings. The number of hydrogen-bond acceptors (Lipinski definition) is 2. The molecule has 0 spiro atoms. The quantitative estimate of drug-likeness (QED) is 0.577. The molecule has 1 saturated heterocycles. The first-order chi connectivity index (χ1) is 4.79. The van der Waals surface area contributed by atoms with Gasteiger partial charge in [-0.2, -0.15) is 0 Å². The summed E-state index contributed by atoms with van der Waals surface area (Å²) in [6.45, 7) is 3.61. The number of hydrogen-bond donors (Lipinski definition) is 1. The first kappa shape index (κ1) is 6.62. The summed E-state index contributed by atoms with van der Waals surface area (Å²) in [6, 6.07) is 2.05. The van der Waals surface area contributed by atoms with Crippen molar-refractivity contribution in [2.45, 2.75) is 44.3 Å². The monoisotopic (exact) mass is 140 g/mol. The van der Waals surface area contributed by atoms with Crippen LogP contribution in [0.25, 0.3) is 0 Å². The van der Waals surface area contributed by atoms with Gasteiger partial charge in [-0.25, -0.2) is 0 Å². The Morgan fingerprint density at radius 1 is 1.50 bits per heavy atom. The van der Waals surface area contributed by atoms with Crippen LogP contribution < -0.4 is 5.73 Å². The lowest BCUT2D eigenvalue weighted by atomic mass is 10.2. The van der Waals surface area contributed by atoms with Crippen molar-refractivity contribution in [3.8, 4) is 0 Å². The molecule has 1 heterocycles. The van der Waals surface area contributed by atoms with E-state index in [-0.39, 0.29) is 0 Å². The highest BCUT2D eigenvalue weighted by Crippen LogP contribution is 2.32. The Bertz CT molecular complexity index is 135. The maximum absolute atomic E-state index is 5.77. The second-order valence-electron chi connectivity index (χ2n) is 3.70. The van der Waals surface area contributed by atoms with Crippen LogP contribution in [0.15, 0.2) is 0 Å². The summed E-state index contributed by atoms with van der Waals surface area (Å²) in [4.78, 5) is 2.57. The van der Waals surface area contributed by atoms with E-state index in [0.29, 0.717) is 6.04 Å². The van der Waals surface area contributed by atoms with Gasteiger partial charge >= 0.3 is 0 Å². The Morgan fingerprint density at radius 2 is 2.20 bits per heavy atom. The average molecular weight is 140 g/mol. The van der Waals surface area contributed by atoms with Crippen molar-refractivity contribution in [3.63, 3.8) is 0 Å². The molecule has 1 aliphatic heterocycles. The van der Waals surface area contributed by atoms with Crippen molar-refractivity contribution in [1.29, 1.82) is 0 Å². The summed E-state index contributed by atoms with van der Waals surface area (Å²) < 4.78 is 0. The summed E-state index contributed by atoms with van der Waals surface area (Å²) in [5, 5.41) is 0. The topological polar surface area (TPSA) is 29.3 Å². The van der Waals surface area contributed by atoms with Crippen molar-refractivity contribution >= 4 is 0 Å². The minimum Gasteiger partial charge on any atom is -0.326 e. The molecule has 3 atom stereocenters. The number of rotatable bonds is 1. The lowest BCUT2D eigenvalue weighted by molar-refractivity contribution is 0.254. The van der Waals surface area contributed by atoms with E-state index in [1.165, 1.54) is 25.8 Å². The van der Waals surface area contributed by atoms with Crippen LogP contribution in [0, 0.1) is 0 Å². The van der Waals surface area contributed by atoms with Crippen LogP contribution in [0.1, 0.15) is 26.2 Å². The van der Waals surface area contributed by atoms with Crippen LogP contribution in [0.4, 0.5) is 0 Å². The predicted octanol–water partition coefficient (Wildman–Crippen LogP) is 0.570. The Morgan fingerprint density at radius 3 is 2.60 bits per heavy atom. The summed E-state index contributed by atoms with van der Waals surface area (Å²) in [6.07, 6.45) is 4.00. The summed E-state index contributed by atoms with van der Waals surface area (Å²) in [5.41, 5.74) is 5.77. The van der Waals surface area contributed by atoms with Crippen LogP contribution in [-0.4, -0.2) is 29.6 Å². The summed E-state index contributed by atoms with van der Waals surface area (Å²) in [7, 11) is 0. The fraction of sp³-hybridized carbons (Fsp3) is 1.00. The molecule has 2 rings (SSSR count). The minimum absolute atomic E-state index is 0.501. The first-order valence-electron chi connectivity index (χ1n) is 4.30. The smallest absolute Gasteiger partial charge is 0.0265 e. The molecule has 3 unspecified atom stereocenters. The normalized spacial score (nSPS) is 48.0. The standard InChI is InChI=1S/C8H16N2/c1-6-3-2-4-10(6)8-5-7(8)9/h6-8H,2-5,9H2,1H3. The molecule has 1 aliphatic carbocycles. The van der Waals surface area contributed by atoms with Gasteiger partial charge in [0.2, 0.25) is 0 Å². The third kappa shape index (κ3) is 0.956. The predicted molar refractivity (Wildman–Crippen MR) is 41.8 cm³/mol. The highest BCUT2D eigenvalue weighted by molar-refractivity contribution is 5.01. The molecule has 2 N–H and O–H groups in total. The lowest BCUT2D eigenvalue weighted by Crippen LogP contribution is -2.32. The number of likely N-dealkylation sites (tertiary alicyclic amines) is 1. The van der Waals surface area contributed by atoms with Gasteiger partial charge in [-0.1, -0.05) is 0 Å². The van der Waals surface area contributed by atoms with Gasteiger partial charge in [0.1, 0.15) is 0 Å². The van der Waals surface area contributed by atoms with Gasteiger partial charge in [0.25, 0.3) is 0 Å². The van der Waals surface area contributed by atoms with Crippen molar-refractivity contribution in [2.75, 3.05) is 6.54 Å². The van der Waals surface area contributed by atoms with E-state index in [2.05, 4.69) is 11.8 Å². The second-order valence-corrected chi connectivity index (χ2v) is 3.70. The molecular formula is C8H16N2. The van der Waals surface area contributed by atoms with Crippen LogP contribution in [0.3, 0.4) is 0 Å². The van der Waals surface area contributed by atoms with E-state index < -0.39 is 0 Å². The maximum Gasteiger partial charge on any atom is 0.0265 e. The Balaban J connectivity index is 1.92. The Kier molecular flexibility index (Phi) is 1.46. The second kappa shape index (κ2) is 2.21. The molecule has 0 aromatic rings. The third-order valence-electron chi connectivity index (χ3n) is 2.84. The van der Waals surface area contributed by atoms with E-state index in [9.17, 15) is 0 Å². The van der Waals surface area contributed by atoms with Crippen LogP contribution in [-0.2, 0) is 0 Å². The zero-order valence-corrected chi connectivity index (χ0v) is 6.59. The van der Waals surface area contributed by atoms with E-state index >= 15 is 0 Å². The fourth-order valence-electron chi connectivity index (χ4n) is 2.03. The SMILES string of the molecule is CC1CCCN1C1CC1N. The zero-order chi connectivity index (χ0) is 7.14. The third-order valence-corrected chi connectivity index (χ3v) is 2.84. The number of nitrogens with two attached hydrogens (primary N) is 1. The van der Waals surface area contributed by atoms with E-state index in [4.69, 9.17) is 5.73 Å². The van der Waals surface area contributed by atoms with Gasteiger partial charge in [0.15, 0.2) is 0 Å². The Hall–Kier alpha value is -0.0800. The Labute approximate surface area is 62.4 Å². The molecular weight excluding hydrogens is 124 g/mol. The lowest BCUT2D eigenvalue weighted by Gasteiger charge is -2.20. The average Bonchev–Trinajstić information content (AvgIpc) is 2.42. The van der Waals surface area contributed by atoms with E-state index in [1.807, 2.05) is 0 Å². The molecule has 0 radical (unpaired) electrons. The van der Waals surface area contributed by atoms with E-state index in [1.54, 1.807) is 0 Å². The van der Waals surface area contributed by atoms with Gasteiger partial charge in [-0.3, -0.25) is 4.90 Å². The van der Waals surface area contributed by atoms with Gasteiger partial charge in [-0.15, -0.1) is 0 Å². The largest absolute Gasteiger partial charge is 0.326 e. The van der Waals surface area contributed by atoms with Gasteiger partial charge in [0, 0.05) is 18.1 Å². The molecule has 2 heteroatoms. The van der Waals surface area contributed by atoms with Crippen molar-refractivity contribution < 1.29 is 0 Å². The zero-order valence-electron chi connectivity index (χ0n) is 6.59. The van der Waals surface area contributed by atoms with Gasteiger partial charge in [0.05, 0.1) is 0 Å². The molecule has 0 aromatic carbocycles. The molecule has 1 saturated carbocycles. The van der Waals surface area contributed by atoms with Crippen molar-refractivity contribution in [2.24, 2.45) is 5.73 Å². The highest BCUT2D eigenvalue weighted by Gasteiger charge is 2.41. The fourth-order valence-corrected chi connectivity index (χ4v) is 2.03. The molecule has 0 bridgehead atoms. The minimum atomic E-state index is 0.501. The molecule has 2 fully saturated rings.